The molecule has 130 valence electrons. The predicted octanol–water partition coefficient (Wildman–Crippen LogP) is 5.27. The van der Waals surface area contributed by atoms with Gasteiger partial charge in [-0.05, 0) is 73.0 Å². The van der Waals surface area contributed by atoms with Crippen LogP contribution in [0.5, 0.6) is 0 Å². The molecule has 0 aromatic heterocycles. The first-order valence-electron chi connectivity index (χ1n) is 8.54. The molecular weight excluding hydrogens is 320 g/mol. The topological polar surface area (TPSA) is 46.3 Å². The van der Waals surface area contributed by atoms with Crippen LogP contribution in [-0.4, -0.2) is 5.91 Å². The molecule has 0 saturated heterocycles. The molecule has 0 radical (unpaired) electrons. The van der Waals surface area contributed by atoms with Crippen molar-refractivity contribution in [1.29, 1.82) is 0 Å². The lowest BCUT2D eigenvalue weighted by atomic mass is 10.1. The molecule has 26 heavy (non-hydrogen) atoms. The molecule has 0 bridgehead atoms. The van der Waals surface area contributed by atoms with E-state index in [-0.39, 0.29) is 0 Å². The van der Waals surface area contributed by atoms with Crippen LogP contribution in [0.4, 0.5) is 17.1 Å². The Bertz CT molecular complexity index is 897. The molecule has 2 N–H and O–H groups in total. The molecule has 3 rings (SSSR count). The largest absolute Gasteiger partial charge is 0.366 e. The van der Waals surface area contributed by atoms with Gasteiger partial charge in [-0.15, -0.1) is 0 Å². The van der Waals surface area contributed by atoms with Crippen molar-refractivity contribution in [2.75, 3.05) is 4.90 Å². The van der Waals surface area contributed by atoms with Gasteiger partial charge in [0.2, 0.25) is 5.91 Å². The van der Waals surface area contributed by atoms with Gasteiger partial charge in [-0.2, -0.15) is 0 Å². The fourth-order valence-electron chi connectivity index (χ4n) is 2.89. The maximum absolute atomic E-state index is 10.9. The van der Waals surface area contributed by atoms with Crippen LogP contribution in [0.3, 0.4) is 0 Å². The van der Waals surface area contributed by atoms with Gasteiger partial charge < -0.3 is 10.6 Å². The minimum absolute atomic E-state index is 0.449. The van der Waals surface area contributed by atoms with Crippen molar-refractivity contribution in [3.05, 3.63) is 95.6 Å². The molecular formula is C23H22N2O. The maximum atomic E-state index is 10.9. The molecule has 3 aromatic rings. The molecule has 0 atom stereocenters. The fourth-order valence-corrected chi connectivity index (χ4v) is 2.89. The number of carbonyl (C=O) groups is 1. The van der Waals surface area contributed by atoms with Crippen LogP contribution in [0.1, 0.15) is 16.7 Å². The second-order valence-corrected chi connectivity index (χ2v) is 6.34. The highest BCUT2D eigenvalue weighted by Gasteiger charge is 2.12. The van der Waals surface area contributed by atoms with E-state index in [1.54, 1.807) is 6.08 Å². The van der Waals surface area contributed by atoms with Crippen molar-refractivity contribution in [3.8, 4) is 0 Å². The second kappa shape index (κ2) is 7.70. The lowest BCUT2D eigenvalue weighted by Crippen LogP contribution is -2.10. The van der Waals surface area contributed by atoms with Gasteiger partial charge in [0, 0.05) is 23.1 Å². The van der Waals surface area contributed by atoms with Crippen LogP contribution >= 0.6 is 0 Å². The predicted molar refractivity (Wildman–Crippen MR) is 109 cm³/mol. The molecule has 0 spiro atoms. The molecule has 0 unspecified atom stereocenters. The first kappa shape index (κ1) is 17.5. The van der Waals surface area contributed by atoms with Gasteiger partial charge in [0.05, 0.1) is 0 Å². The number of primary amides is 1. The zero-order valence-electron chi connectivity index (χ0n) is 15.0. The normalized spacial score (nSPS) is 10.8. The Hall–Kier alpha value is -3.33. The third-order valence-electron chi connectivity index (χ3n) is 4.11. The fraction of sp³-hybridized carbons (Fsp3) is 0.0870. The summed E-state index contributed by atoms with van der Waals surface area (Å²) >= 11 is 0. The summed E-state index contributed by atoms with van der Waals surface area (Å²) in [6.07, 6.45) is 3.09. The van der Waals surface area contributed by atoms with Gasteiger partial charge >= 0.3 is 0 Å². The number of aryl methyl sites for hydroxylation is 2. The number of amides is 1. The third kappa shape index (κ3) is 4.19. The number of nitrogens with zero attached hydrogens (tertiary/aromatic N) is 1. The Morgan fingerprint density at radius 3 is 1.81 bits per heavy atom. The van der Waals surface area contributed by atoms with E-state index in [0.717, 1.165) is 22.6 Å². The van der Waals surface area contributed by atoms with E-state index < -0.39 is 5.91 Å². The SMILES string of the molecule is Cc1cccc(N(c2ccc(/C=C/C(N)=O)cc2)c2cccc(C)c2)c1. The van der Waals surface area contributed by atoms with Crippen LogP contribution in [0.25, 0.3) is 6.08 Å². The highest BCUT2D eigenvalue weighted by atomic mass is 16.1. The Labute approximate surface area is 154 Å². The number of hydrogen-bond acceptors (Lipinski definition) is 2. The first-order chi connectivity index (χ1) is 12.5. The Morgan fingerprint density at radius 2 is 1.35 bits per heavy atom. The summed E-state index contributed by atoms with van der Waals surface area (Å²) in [5.41, 5.74) is 11.8. The van der Waals surface area contributed by atoms with Crippen molar-refractivity contribution in [2.24, 2.45) is 5.73 Å². The van der Waals surface area contributed by atoms with Gasteiger partial charge in [-0.25, -0.2) is 0 Å². The third-order valence-corrected chi connectivity index (χ3v) is 4.11. The van der Waals surface area contributed by atoms with Crippen molar-refractivity contribution in [3.63, 3.8) is 0 Å². The molecule has 3 nitrogen and oxygen atoms in total. The highest BCUT2D eigenvalue weighted by Crippen LogP contribution is 2.35. The summed E-state index contributed by atoms with van der Waals surface area (Å²) in [6, 6.07) is 24.9. The van der Waals surface area contributed by atoms with E-state index in [2.05, 4.69) is 67.3 Å². The van der Waals surface area contributed by atoms with E-state index in [1.807, 2.05) is 24.3 Å². The number of nitrogens with two attached hydrogens (primary N) is 1. The van der Waals surface area contributed by atoms with Crippen LogP contribution in [-0.2, 0) is 4.79 Å². The van der Waals surface area contributed by atoms with Crippen LogP contribution in [0.2, 0.25) is 0 Å². The van der Waals surface area contributed by atoms with Crippen molar-refractivity contribution in [2.45, 2.75) is 13.8 Å². The highest BCUT2D eigenvalue weighted by molar-refractivity contribution is 5.90. The zero-order chi connectivity index (χ0) is 18.5. The molecule has 0 aliphatic rings. The van der Waals surface area contributed by atoms with E-state index in [1.165, 1.54) is 17.2 Å². The van der Waals surface area contributed by atoms with Crippen LogP contribution in [0, 0.1) is 13.8 Å². The quantitative estimate of drug-likeness (QED) is 0.642. The van der Waals surface area contributed by atoms with Gasteiger partial charge in [-0.3, -0.25) is 4.79 Å². The van der Waals surface area contributed by atoms with Crippen molar-refractivity contribution >= 4 is 29.0 Å². The smallest absolute Gasteiger partial charge is 0.241 e. The second-order valence-electron chi connectivity index (χ2n) is 6.34. The monoisotopic (exact) mass is 342 g/mol. The number of carbonyl (C=O) groups excluding carboxylic acids is 1. The molecule has 0 aliphatic heterocycles. The molecule has 0 heterocycles. The number of hydrogen-bond donors (Lipinski definition) is 1. The molecule has 0 aliphatic carbocycles. The molecule has 0 saturated carbocycles. The lowest BCUT2D eigenvalue weighted by Gasteiger charge is -2.26. The van der Waals surface area contributed by atoms with Crippen molar-refractivity contribution in [1.82, 2.24) is 0 Å². The van der Waals surface area contributed by atoms with Gasteiger partial charge in [0.15, 0.2) is 0 Å². The Kier molecular flexibility index (Phi) is 5.18. The molecule has 0 fully saturated rings. The number of anilines is 3. The van der Waals surface area contributed by atoms with Crippen LogP contribution < -0.4 is 10.6 Å². The Balaban J connectivity index is 2.05. The molecule has 1 amide bonds. The number of rotatable bonds is 5. The summed E-state index contributed by atoms with van der Waals surface area (Å²) in [7, 11) is 0. The summed E-state index contributed by atoms with van der Waals surface area (Å²) in [5.74, 6) is -0.449. The Morgan fingerprint density at radius 1 is 0.808 bits per heavy atom. The molecule has 3 heteroatoms. The average Bonchev–Trinajstić information content (AvgIpc) is 2.61. The van der Waals surface area contributed by atoms with Gasteiger partial charge in [-0.1, -0.05) is 36.4 Å². The van der Waals surface area contributed by atoms with Gasteiger partial charge in [0.1, 0.15) is 0 Å². The van der Waals surface area contributed by atoms with Gasteiger partial charge in [0.25, 0.3) is 0 Å². The summed E-state index contributed by atoms with van der Waals surface area (Å²) in [4.78, 5) is 13.1. The minimum atomic E-state index is -0.449. The summed E-state index contributed by atoms with van der Waals surface area (Å²) in [6.45, 7) is 4.19. The minimum Gasteiger partial charge on any atom is -0.366 e. The zero-order valence-corrected chi connectivity index (χ0v) is 15.0. The van der Waals surface area contributed by atoms with E-state index in [4.69, 9.17) is 5.73 Å². The number of benzene rings is 3. The average molecular weight is 342 g/mol. The standard InChI is InChI=1S/C23H22N2O/c1-17-5-3-7-21(15-17)25(22-8-4-6-18(2)16-22)20-12-9-19(10-13-20)11-14-23(24)26/h3-16H,1-2H3,(H2,24,26)/b14-11+. The summed E-state index contributed by atoms with van der Waals surface area (Å²) < 4.78 is 0. The van der Waals surface area contributed by atoms with E-state index in [0.29, 0.717) is 0 Å². The van der Waals surface area contributed by atoms with E-state index in [9.17, 15) is 4.79 Å². The van der Waals surface area contributed by atoms with Crippen molar-refractivity contribution < 1.29 is 4.79 Å². The van der Waals surface area contributed by atoms with E-state index >= 15 is 0 Å². The lowest BCUT2D eigenvalue weighted by molar-refractivity contribution is -0.113. The maximum Gasteiger partial charge on any atom is 0.241 e. The first-order valence-corrected chi connectivity index (χ1v) is 8.54. The summed E-state index contributed by atoms with van der Waals surface area (Å²) in [5, 5.41) is 0. The molecule has 3 aromatic carbocycles. The van der Waals surface area contributed by atoms with Crippen LogP contribution in [0.15, 0.2) is 78.9 Å².